The number of aliphatic hydroxyl groups is 1. The van der Waals surface area contributed by atoms with E-state index in [1.54, 1.807) is 16.2 Å². The van der Waals surface area contributed by atoms with Crippen LogP contribution in [0.25, 0.3) is 10.2 Å². The highest BCUT2D eigenvalue weighted by molar-refractivity contribution is 7.18. The van der Waals surface area contributed by atoms with Crippen molar-refractivity contribution in [3.8, 4) is 5.75 Å². The molecule has 0 unspecified atom stereocenters. The number of amides is 2. The van der Waals surface area contributed by atoms with Crippen LogP contribution in [-0.4, -0.2) is 71.4 Å². The number of nitrogens with one attached hydrogen (secondary N) is 1. The quantitative estimate of drug-likeness (QED) is 0.537. The third-order valence-electron chi connectivity index (χ3n) is 5.50. The number of carbonyl (C=O) groups is 1. The molecule has 1 aromatic heterocycles. The van der Waals surface area contributed by atoms with E-state index in [-0.39, 0.29) is 12.6 Å². The maximum atomic E-state index is 12.7. The van der Waals surface area contributed by atoms with Gasteiger partial charge in [0.05, 0.1) is 20.8 Å². The van der Waals surface area contributed by atoms with Crippen molar-refractivity contribution in [2.75, 3.05) is 44.6 Å². The number of carbonyl (C=O) groups excluding carboxylic acids is 1. The standard InChI is InChI=1S/C23H25F3N4O3S/c1-15-27-20-12-19(6-7-21(20)34-15)33-14-18(31)13-29-8-10-30(11-9-29)22(32)28-17-4-2-16(3-5-17)23(24,25)26/h2-7,12,18,31H,8-11,13-14H2,1H3,(H,28,32)/t18-/m1/s1. The van der Waals surface area contributed by atoms with Gasteiger partial charge in [0, 0.05) is 44.5 Å². The summed E-state index contributed by atoms with van der Waals surface area (Å²) in [5, 5.41) is 14.0. The second kappa shape index (κ2) is 10.2. The monoisotopic (exact) mass is 494 g/mol. The van der Waals surface area contributed by atoms with Crippen LogP contribution < -0.4 is 10.1 Å². The molecule has 3 aromatic rings. The van der Waals surface area contributed by atoms with Gasteiger partial charge in [-0.15, -0.1) is 11.3 Å². The molecule has 1 aliphatic rings. The summed E-state index contributed by atoms with van der Waals surface area (Å²) in [6.07, 6.45) is -5.11. The van der Waals surface area contributed by atoms with Crippen LogP contribution in [0.5, 0.6) is 5.75 Å². The van der Waals surface area contributed by atoms with Gasteiger partial charge in [-0.3, -0.25) is 4.90 Å². The summed E-state index contributed by atoms with van der Waals surface area (Å²) in [6, 6.07) is 9.66. The van der Waals surface area contributed by atoms with Crippen molar-refractivity contribution in [2.45, 2.75) is 19.2 Å². The first-order valence-electron chi connectivity index (χ1n) is 10.8. The number of thiazole rings is 1. The van der Waals surface area contributed by atoms with Crippen LogP contribution in [0.4, 0.5) is 23.7 Å². The smallest absolute Gasteiger partial charge is 0.416 e. The predicted molar refractivity (Wildman–Crippen MR) is 124 cm³/mol. The fourth-order valence-electron chi connectivity index (χ4n) is 3.73. The fraction of sp³-hybridized carbons (Fsp3) is 0.391. The Morgan fingerprint density at radius 2 is 1.88 bits per heavy atom. The molecule has 11 heteroatoms. The lowest BCUT2D eigenvalue weighted by atomic mass is 10.2. The number of fused-ring (bicyclic) bond motifs is 1. The minimum atomic E-state index is -4.41. The number of rotatable bonds is 6. The van der Waals surface area contributed by atoms with Gasteiger partial charge < -0.3 is 20.1 Å². The zero-order valence-corrected chi connectivity index (χ0v) is 19.3. The van der Waals surface area contributed by atoms with E-state index in [4.69, 9.17) is 4.74 Å². The predicted octanol–water partition coefficient (Wildman–Crippen LogP) is 4.21. The Hall–Kier alpha value is -2.89. The number of alkyl halides is 3. The number of hydrogen-bond donors (Lipinski definition) is 2. The van der Waals surface area contributed by atoms with Gasteiger partial charge in [0.2, 0.25) is 0 Å². The Labute approximate surface area is 198 Å². The number of aryl methyl sites for hydroxylation is 1. The zero-order valence-electron chi connectivity index (χ0n) is 18.5. The third-order valence-corrected chi connectivity index (χ3v) is 6.45. The van der Waals surface area contributed by atoms with E-state index >= 15 is 0 Å². The minimum Gasteiger partial charge on any atom is -0.491 e. The van der Waals surface area contributed by atoms with Gasteiger partial charge in [0.1, 0.15) is 18.5 Å². The molecular weight excluding hydrogens is 469 g/mol. The maximum absolute atomic E-state index is 12.7. The number of ether oxygens (including phenoxy) is 1. The van der Waals surface area contributed by atoms with Crippen molar-refractivity contribution in [1.29, 1.82) is 0 Å². The average molecular weight is 495 g/mol. The van der Waals surface area contributed by atoms with Crippen LogP contribution in [0.15, 0.2) is 42.5 Å². The summed E-state index contributed by atoms with van der Waals surface area (Å²) in [5.41, 5.74) is 0.416. The first kappa shape index (κ1) is 24.2. The highest BCUT2D eigenvalue weighted by Gasteiger charge is 2.30. The number of benzene rings is 2. The minimum absolute atomic E-state index is 0.142. The molecule has 182 valence electrons. The van der Waals surface area contributed by atoms with Crippen molar-refractivity contribution in [1.82, 2.24) is 14.8 Å². The molecule has 2 N–H and O–H groups in total. The first-order valence-corrected chi connectivity index (χ1v) is 11.6. The molecule has 2 heterocycles. The first-order chi connectivity index (χ1) is 16.2. The molecule has 0 bridgehead atoms. The van der Waals surface area contributed by atoms with E-state index < -0.39 is 17.8 Å². The lowest BCUT2D eigenvalue weighted by Crippen LogP contribution is -2.51. The van der Waals surface area contributed by atoms with E-state index in [1.165, 1.54) is 12.1 Å². The van der Waals surface area contributed by atoms with Crippen molar-refractivity contribution >= 4 is 33.3 Å². The van der Waals surface area contributed by atoms with Gasteiger partial charge in [0.25, 0.3) is 0 Å². The largest absolute Gasteiger partial charge is 0.491 e. The molecule has 1 atom stereocenters. The van der Waals surface area contributed by atoms with Crippen molar-refractivity contribution in [3.05, 3.63) is 53.0 Å². The van der Waals surface area contributed by atoms with Crippen LogP contribution in [0.1, 0.15) is 10.6 Å². The normalized spacial score (nSPS) is 16.0. The van der Waals surface area contributed by atoms with Crippen molar-refractivity contribution < 1.29 is 27.8 Å². The van der Waals surface area contributed by atoms with Gasteiger partial charge in [-0.25, -0.2) is 9.78 Å². The zero-order chi connectivity index (χ0) is 24.3. The molecule has 34 heavy (non-hydrogen) atoms. The Morgan fingerprint density at radius 1 is 1.18 bits per heavy atom. The van der Waals surface area contributed by atoms with Gasteiger partial charge in [-0.1, -0.05) is 0 Å². The molecule has 1 saturated heterocycles. The second-order valence-corrected chi connectivity index (χ2v) is 9.35. The van der Waals surface area contributed by atoms with E-state index in [2.05, 4.69) is 10.3 Å². The van der Waals surface area contributed by atoms with Crippen LogP contribution in [0.3, 0.4) is 0 Å². The molecule has 2 aromatic carbocycles. The molecule has 2 amide bonds. The van der Waals surface area contributed by atoms with Gasteiger partial charge >= 0.3 is 12.2 Å². The molecule has 7 nitrogen and oxygen atoms in total. The van der Waals surface area contributed by atoms with E-state index in [0.29, 0.717) is 44.2 Å². The SMILES string of the molecule is Cc1nc2cc(OC[C@H](O)CN3CCN(C(=O)Nc4ccc(C(F)(F)F)cc4)CC3)ccc2s1. The highest BCUT2D eigenvalue weighted by Crippen LogP contribution is 2.30. The van der Waals surface area contributed by atoms with E-state index in [9.17, 15) is 23.1 Å². The Kier molecular flexibility index (Phi) is 7.24. The fourth-order valence-corrected chi connectivity index (χ4v) is 4.54. The Morgan fingerprint density at radius 3 is 2.56 bits per heavy atom. The number of β-amino-alcohol motifs (C(OH)–C–C–N with tert-alkyl or cyclic N) is 1. The number of urea groups is 1. The van der Waals surface area contributed by atoms with Crippen LogP contribution >= 0.6 is 11.3 Å². The summed E-state index contributed by atoms with van der Waals surface area (Å²) in [5.74, 6) is 0.654. The molecule has 0 radical (unpaired) electrons. The Bertz CT molecular complexity index is 1130. The van der Waals surface area contributed by atoms with Crippen LogP contribution in [0.2, 0.25) is 0 Å². The van der Waals surface area contributed by atoms with Crippen molar-refractivity contribution in [3.63, 3.8) is 0 Å². The van der Waals surface area contributed by atoms with Crippen molar-refractivity contribution in [2.24, 2.45) is 0 Å². The van der Waals surface area contributed by atoms with Crippen LogP contribution in [0, 0.1) is 6.92 Å². The van der Waals surface area contributed by atoms with Gasteiger partial charge in [0.15, 0.2) is 0 Å². The molecule has 0 saturated carbocycles. The number of halogens is 3. The maximum Gasteiger partial charge on any atom is 0.416 e. The topological polar surface area (TPSA) is 77.9 Å². The summed E-state index contributed by atoms with van der Waals surface area (Å²) in [7, 11) is 0. The second-order valence-electron chi connectivity index (χ2n) is 8.12. The van der Waals surface area contributed by atoms with Crippen LogP contribution in [-0.2, 0) is 6.18 Å². The molecule has 0 spiro atoms. The molecule has 0 aliphatic carbocycles. The number of aliphatic hydroxyl groups excluding tert-OH is 1. The third kappa shape index (κ3) is 6.16. The molecular formula is C23H25F3N4O3S. The molecule has 1 aliphatic heterocycles. The lowest BCUT2D eigenvalue weighted by molar-refractivity contribution is -0.137. The molecule has 1 fully saturated rings. The van der Waals surface area contributed by atoms with E-state index in [1.807, 2.05) is 30.0 Å². The highest BCUT2D eigenvalue weighted by atomic mass is 32.1. The van der Waals surface area contributed by atoms with Gasteiger partial charge in [-0.05, 0) is 43.3 Å². The number of hydrogen-bond acceptors (Lipinski definition) is 6. The van der Waals surface area contributed by atoms with Gasteiger partial charge in [-0.2, -0.15) is 13.2 Å². The summed E-state index contributed by atoms with van der Waals surface area (Å²) < 4.78 is 44.8. The Balaban J connectivity index is 1.19. The average Bonchev–Trinajstić information content (AvgIpc) is 3.17. The lowest BCUT2D eigenvalue weighted by Gasteiger charge is -2.35. The number of aromatic nitrogens is 1. The number of nitrogens with zero attached hydrogens (tertiary/aromatic N) is 3. The summed E-state index contributed by atoms with van der Waals surface area (Å²) >= 11 is 1.62. The number of anilines is 1. The molecule has 4 rings (SSSR count). The van der Waals surface area contributed by atoms with E-state index in [0.717, 1.165) is 27.4 Å². The summed E-state index contributed by atoms with van der Waals surface area (Å²) in [4.78, 5) is 20.5. The number of piperazine rings is 1. The summed E-state index contributed by atoms with van der Waals surface area (Å²) in [6.45, 7) is 4.53.